The number of rotatable bonds is 9. The van der Waals surface area contributed by atoms with Crippen LogP contribution < -0.4 is 10.2 Å². The number of benzene rings is 2. The largest absolute Gasteiger partial charge is 0.369 e. The van der Waals surface area contributed by atoms with Gasteiger partial charge >= 0.3 is 0 Å². The molecule has 4 rings (SSSR count). The fourth-order valence-electron chi connectivity index (χ4n) is 3.96. The van der Waals surface area contributed by atoms with Crippen molar-refractivity contribution >= 4 is 34.7 Å². The van der Waals surface area contributed by atoms with Crippen LogP contribution in [0.4, 0.5) is 5.69 Å². The molecule has 1 N–H and O–H groups in total. The fraction of sp³-hybridized carbons (Fsp3) is 0.385. The zero-order chi connectivity index (χ0) is 23.0. The number of nitrogens with one attached hydrogen (secondary N) is 1. The molecule has 1 aliphatic heterocycles. The normalized spacial score (nSPS) is 14.4. The number of carbonyl (C=O) groups is 1. The van der Waals surface area contributed by atoms with Crippen LogP contribution in [0, 0.1) is 13.8 Å². The predicted molar refractivity (Wildman–Crippen MR) is 140 cm³/mol. The molecule has 0 saturated carbocycles. The lowest BCUT2D eigenvalue weighted by molar-refractivity contribution is 0.0951. The van der Waals surface area contributed by atoms with Gasteiger partial charge in [0.25, 0.3) is 5.91 Å². The van der Waals surface area contributed by atoms with Gasteiger partial charge in [0, 0.05) is 60.8 Å². The van der Waals surface area contributed by atoms with E-state index < -0.39 is 0 Å². The molecule has 0 spiro atoms. The number of hydrogen-bond donors (Lipinski definition) is 1. The Bertz CT molecular complexity index is 1040. The van der Waals surface area contributed by atoms with E-state index in [0.29, 0.717) is 6.54 Å². The average molecular weight is 481 g/mol. The number of nitrogens with zero attached hydrogens (tertiary/aromatic N) is 3. The van der Waals surface area contributed by atoms with E-state index in [1.807, 2.05) is 31.2 Å². The highest BCUT2D eigenvalue weighted by atomic mass is 32.2. The number of amides is 1. The summed E-state index contributed by atoms with van der Waals surface area (Å²) in [6, 6.07) is 16.7. The van der Waals surface area contributed by atoms with Gasteiger partial charge in [-0.2, -0.15) is 0 Å². The van der Waals surface area contributed by atoms with Crippen molar-refractivity contribution < 1.29 is 4.79 Å². The van der Waals surface area contributed by atoms with Crippen molar-refractivity contribution in [2.45, 2.75) is 30.4 Å². The van der Waals surface area contributed by atoms with Gasteiger partial charge in [-0.15, -0.1) is 11.3 Å². The summed E-state index contributed by atoms with van der Waals surface area (Å²) in [6.45, 7) is 10.1. The highest BCUT2D eigenvalue weighted by molar-refractivity contribution is 8.00. The van der Waals surface area contributed by atoms with Gasteiger partial charge in [0.2, 0.25) is 0 Å². The molecule has 0 aliphatic carbocycles. The van der Waals surface area contributed by atoms with Gasteiger partial charge in [-0.25, -0.2) is 4.98 Å². The van der Waals surface area contributed by atoms with Crippen LogP contribution in [0.3, 0.4) is 0 Å². The number of carbonyl (C=O) groups excluding carboxylic acids is 1. The molecule has 5 nitrogen and oxygen atoms in total. The second-order valence-corrected chi connectivity index (χ2v) is 10.6. The third-order valence-electron chi connectivity index (χ3n) is 5.85. The highest BCUT2D eigenvalue weighted by Crippen LogP contribution is 2.26. The summed E-state index contributed by atoms with van der Waals surface area (Å²) in [5.41, 5.74) is 5.63. The third kappa shape index (κ3) is 7.06. The van der Waals surface area contributed by atoms with Crippen LogP contribution in [0.2, 0.25) is 0 Å². The number of aryl methyl sites for hydroxylation is 2. The molecule has 0 atom stereocenters. The molecule has 1 amide bonds. The summed E-state index contributed by atoms with van der Waals surface area (Å²) in [7, 11) is 0. The zero-order valence-electron chi connectivity index (χ0n) is 19.4. The Hall–Kier alpha value is -2.35. The van der Waals surface area contributed by atoms with E-state index in [0.717, 1.165) is 60.5 Å². The summed E-state index contributed by atoms with van der Waals surface area (Å²) < 4.78 is 1.09. The quantitative estimate of drug-likeness (QED) is 0.345. The predicted octanol–water partition coefficient (Wildman–Crippen LogP) is 4.99. The Labute approximate surface area is 205 Å². The average Bonchev–Trinajstić information content (AvgIpc) is 3.26. The summed E-state index contributed by atoms with van der Waals surface area (Å²) in [6.07, 6.45) is 0.970. The van der Waals surface area contributed by atoms with Crippen molar-refractivity contribution in [3.05, 3.63) is 76.3 Å². The standard InChI is InChI=1S/C26H32N4OS2/c1-20-5-3-6-24(17-20)30-15-13-29(14-16-30)12-4-11-27-25(31)23-9-7-22(8-10-23)19-33-26-28-21(2)18-32-26/h3,5-10,17-18H,4,11-16,19H2,1-2H3,(H,27,31). The lowest BCUT2D eigenvalue weighted by atomic mass is 10.1. The first-order chi connectivity index (χ1) is 16.1. The molecule has 0 bridgehead atoms. The molecule has 2 aromatic carbocycles. The van der Waals surface area contributed by atoms with Gasteiger partial charge < -0.3 is 10.2 Å². The lowest BCUT2D eigenvalue weighted by Gasteiger charge is -2.36. The molecule has 1 aromatic heterocycles. The van der Waals surface area contributed by atoms with E-state index in [1.54, 1.807) is 23.1 Å². The van der Waals surface area contributed by atoms with Crippen molar-refractivity contribution in [3.63, 3.8) is 0 Å². The molecule has 2 heterocycles. The van der Waals surface area contributed by atoms with Crippen LogP contribution >= 0.6 is 23.1 Å². The number of thioether (sulfide) groups is 1. The molecule has 1 fully saturated rings. The zero-order valence-corrected chi connectivity index (χ0v) is 21.1. The molecule has 174 valence electrons. The van der Waals surface area contributed by atoms with Crippen LogP contribution in [-0.4, -0.2) is 55.1 Å². The van der Waals surface area contributed by atoms with Crippen LogP contribution in [0.1, 0.15) is 33.6 Å². The smallest absolute Gasteiger partial charge is 0.251 e. The van der Waals surface area contributed by atoms with Crippen LogP contribution in [0.25, 0.3) is 0 Å². The number of hydrogen-bond acceptors (Lipinski definition) is 6. The molecule has 3 aromatic rings. The van der Waals surface area contributed by atoms with Crippen molar-refractivity contribution in [2.24, 2.45) is 0 Å². The first-order valence-corrected chi connectivity index (χ1v) is 13.4. The third-order valence-corrected chi connectivity index (χ3v) is 8.06. The van der Waals surface area contributed by atoms with E-state index in [1.165, 1.54) is 16.8 Å². The highest BCUT2D eigenvalue weighted by Gasteiger charge is 2.17. The maximum atomic E-state index is 12.5. The lowest BCUT2D eigenvalue weighted by Crippen LogP contribution is -2.47. The SMILES string of the molecule is Cc1cccc(N2CCN(CCCNC(=O)c3ccc(CSc4nc(C)cs4)cc3)CC2)c1. The molecule has 1 saturated heterocycles. The minimum atomic E-state index is 0.00835. The topological polar surface area (TPSA) is 48.5 Å². The maximum absolute atomic E-state index is 12.5. The fourth-order valence-corrected chi connectivity index (χ4v) is 5.76. The Morgan fingerprint density at radius 3 is 2.58 bits per heavy atom. The molecule has 1 aliphatic rings. The number of anilines is 1. The van der Waals surface area contributed by atoms with Gasteiger partial charge in [-0.3, -0.25) is 9.69 Å². The molecule has 7 heteroatoms. The summed E-state index contributed by atoms with van der Waals surface area (Å²) in [5.74, 6) is 0.875. The molecule has 0 radical (unpaired) electrons. The second kappa shape index (κ2) is 11.7. The van der Waals surface area contributed by atoms with Gasteiger partial charge in [0.1, 0.15) is 4.34 Å². The maximum Gasteiger partial charge on any atom is 0.251 e. The van der Waals surface area contributed by atoms with Crippen LogP contribution in [0.15, 0.2) is 58.3 Å². The minimum absolute atomic E-state index is 0.00835. The van der Waals surface area contributed by atoms with E-state index in [4.69, 9.17) is 0 Å². The molecular weight excluding hydrogens is 448 g/mol. The first kappa shape index (κ1) is 23.8. The van der Waals surface area contributed by atoms with Crippen LogP contribution in [-0.2, 0) is 5.75 Å². The van der Waals surface area contributed by atoms with Crippen molar-refractivity contribution in [1.82, 2.24) is 15.2 Å². The summed E-state index contributed by atoms with van der Waals surface area (Å²) in [5, 5.41) is 5.14. The van der Waals surface area contributed by atoms with E-state index in [2.05, 4.69) is 56.7 Å². The Morgan fingerprint density at radius 2 is 1.88 bits per heavy atom. The number of thiazole rings is 1. The van der Waals surface area contributed by atoms with E-state index >= 15 is 0 Å². The Balaban J connectivity index is 1.13. The van der Waals surface area contributed by atoms with Crippen molar-refractivity contribution in [1.29, 1.82) is 0 Å². The van der Waals surface area contributed by atoms with Gasteiger partial charge in [-0.05, 0) is 62.2 Å². The monoisotopic (exact) mass is 480 g/mol. The number of aromatic nitrogens is 1. The minimum Gasteiger partial charge on any atom is -0.369 e. The Morgan fingerprint density at radius 1 is 1.09 bits per heavy atom. The summed E-state index contributed by atoms with van der Waals surface area (Å²) in [4.78, 5) is 21.9. The molecule has 0 unspecified atom stereocenters. The van der Waals surface area contributed by atoms with Crippen molar-refractivity contribution in [2.75, 3.05) is 44.2 Å². The van der Waals surface area contributed by atoms with Crippen LogP contribution in [0.5, 0.6) is 0 Å². The van der Waals surface area contributed by atoms with Crippen molar-refractivity contribution in [3.8, 4) is 0 Å². The summed E-state index contributed by atoms with van der Waals surface area (Å²) >= 11 is 3.42. The van der Waals surface area contributed by atoms with E-state index in [9.17, 15) is 4.79 Å². The second-order valence-electron chi connectivity index (χ2n) is 8.52. The van der Waals surface area contributed by atoms with Gasteiger partial charge in [-0.1, -0.05) is 36.0 Å². The first-order valence-electron chi connectivity index (χ1n) is 11.5. The molecule has 33 heavy (non-hydrogen) atoms. The van der Waals surface area contributed by atoms with Gasteiger partial charge in [0.15, 0.2) is 0 Å². The number of piperazine rings is 1. The molecular formula is C26H32N4OS2. The van der Waals surface area contributed by atoms with E-state index in [-0.39, 0.29) is 5.91 Å². The van der Waals surface area contributed by atoms with Gasteiger partial charge in [0.05, 0.1) is 0 Å². The Kier molecular flexibility index (Phi) is 8.42.